The lowest BCUT2D eigenvalue weighted by molar-refractivity contribution is -0.0258. The molecular weight excluding hydrogens is 218 g/mol. The van der Waals surface area contributed by atoms with Crippen molar-refractivity contribution in [3.63, 3.8) is 0 Å². The zero-order chi connectivity index (χ0) is 11.5. The summed E-state index contributed by atoms with van der Waals surface area (Å²) in [5.74, 6) is 0.606. The summed E-state index contributed by atoms with van der Waals surface area (Å²) in [6.07, 6.45) is 0. The predicted octanol–water partition coefficient (Wildman–Crippen LogP) is 0.877. The summed E-state index contributed by atoms with van der Waals surface area (Å²) in [6.45, 7) is 0. The summed E-state index contributed by atoms with van der Waals surface area (Å²) < 4.78 is 29.2. The molecule has 0 spiro atoms. The van der Waals surface area contributed by atoms with Gasteiger partial charge in [0.1, 0.15) is 5.75 Å². The summed E-state index contributed by atoms with van der Waals surface area (Å²) in [5, 5.41) is 0. The topological polar surface area (TPSA) is 55.8 Å². The first kappa shape index (κ1) is 12.0. The number of sulfonamides is 1. The van der Waals surface area contributed by atoms with Gasteiger partial charge in [-0.1, -0.05) is 4.47 Å². The van der Waals surface area contributed by atoms with E-state index in [0.717, 1.165) is 4.47 Å². The average molecular weight is 231 g/mol. The van der Waals surface area contributed by atoms with Gasteiger partial charge >= 0.3 is 0 Å². The Morgan fingerprint density at radius 1 is 1.13 bits per heavy atom. The van der Waals surface area contributed by atoms with Crippen molar-refractivity contribution < 1.29 is 18.0 Å². The second-order valence-corrected chi connectivity index (χ2v) is 4.71. The van der Waals surface area contributed by atoms with Crippen LogP contribution in [0.1, 0.15) is 0 Å². The van der Waals surface area contributed by atoms with Crippen LogP contribution in [-0.4, -0.2) is 34.2 Å². The molecule has 0 unspecified atom stereocenters. The first-order valence-corrected chi connectivity index (χ1v) is 5.63. The minimum absolute atomic E-state index is 0.160. The van der Waals surface area contributed by atoms with E-state index in [1.165, 1.54) is 33.4 Å². The van der Waals surface area contributed by atoms with Crippen molar-refractivity contribution in [2.24, 2.45) is 0 Å². The maximum atomic E-state index is 11.7. The highest BCUT2D eigenvalue weighted by molar-refractivity contribution is 7.89. The van der Waals surface area contributed by atoms with Crippen LogP contribution in [0.4, 0.5) is 0 Å². The molecule has 0 N–H and O–H groups in total. The van der Waals surface area contributed by atoms with Gasteiger partial charge in [-0.2, -0.15) is 0 Å². The number of ether oxygens (including phenoxy) is 1. The number of nitrogens with zero attached hydrogens (tertiary/aromatic N) is 1. The zero-order valence-corrected chi connectivity index (χ0v) is 9.61. The first-order valence-electron chi connectivity index (χ1n) is 4.19. The van der Waals surface area contributed by atoms with Crippen LogP contribution in [0.3, 0.4) is 0 Å². The molecule has 0 saturated carbocycles. The number of benzene rings is 1. The Morgan fingerprint density at radius 3 is 2.07 bits per heavy atom. The fourth-order valence-corrected chi connectivity index (χ4v) is 1.97. The normalized spacial score (nSPS) is 11.7. The van der Waals surface area contributed by atoms with Crippen LogP contribution in [0, 0.1) is 0 Å². The Bertz CT molecular complexity index is 412. The summed E-state index contributed by atoms with van der Waals surface area (Å²) in [7, 11) is 0.586. The van der Waals surface area contributed by atoms with Crippen molar-refractivity contribution in [1.29, 1.82) is 0 Å². The molecule has 84 valence electrons. The summed E-state index contributed by atoms with van der Waals surface area (Å²) in [4.78, 5) is 4.80. The van der Waals surface area contributed by atoms with Gasteiger partial charge in [-0.25, -0.2) is 8.42 Å². The van der Waals surface area contributed by atoms with E-state index in [1.54, 1.807) is 12.1 Å². The van der Waals surface area contributed by atoms with E-state index in [1.807, 2.05) is 0 Å². The Morgan fingerprint density at radius 2 is 1.67 bits per heavy atom. The molecule has 0 radical (unpaired) electrons. The minimum atomic E-state index is -3.56. The molecule has 0 saturated heterocycles. The molecule has 0 atom stereocenters. The van der Waals surface area contributed by atoms with Crippen molar-refractivity contribution in [1.82, 2.24) is 4.47 Å². The molecule has 5 nitrogen and oxygen atoms in total. The third kappa shape index (κ3) is 2.47. The number of hydroxylamine groups is 1. The SMILES string of the molecule is COc1ccc(S(=O)(=O)N(C)OC)cc1. The van der Waals surface area contributed by atoms with E-state index < -0.39 is 10.0 Å². The van der Waals surface area contributed by atoms with Gasteiger partial charge in [0.25, 0.3) is 10.0 Å². The second kappa shape index (κ2) is 4.61. The largest absolute Gasteiger partial charge is 0.497 e. The lowest BCUT2D eigenvalue weighted by atomic mass is 10.3. The fraction of sp³-hybridized carbons (Fsp3) is 0.333. The van der Waals surface area contributed by atoms with Crippen LogP contribution in [0.5, 0.6) is 5.75 Å². The molecule has 0 amide bonds. The summed E-state index contributed by atoms with van der Waals surface area (Å²) in [5.41, 5.74) is 0. The highest BCUT2D eigenvalue weighted by Gasteiger charge is 2.20. The van der Waals surface area contributed by atoms with E-state index in [2.05, 4.69) is 4.84 Å². The molecule has 0 heterocycles. The molecule has 1 rings (SSSR count). The van der Waals surface area contributed by atoms with Gasteiger partial charge in [0.05, 0.1) is 19.1 Å². The molecule has 6 heteroatoms. The van der Waals surface area contributed by atoms with Gasteiger partial charge in [-0.3, -0.25) is 4.84 Å². The number of methoxy groups -OCH3 is 1. The minimum Gasteiger partial charge on any atom is -0.497 e. The number of hydrogen-bond acceptors (Lipinski definition) is 4. The molecule has 0 aromatic heterocycles. The number of rotatable bonds is 4. The van der Waals surface area contributed by atoms with E-state index in [0.29, 0.717) is 5.75 Å². The van der Waals surface area contributed by atoms with Gasteiger partial charge in [0.2, 0.25) is 0 Å². The van der Waals surface area contributed by atoms with Gasteiger partial charge in [0, 0.05) is 7.05 Å². The third-order valence-electron chi connectivity index (χ3n) is 1.95. The van der Waals surface area contributed by atoms with Crippen molar-refractivity contribution >= 4 is 10.0 Å². The number of hydrogen-bond donors (Lipinski definition) is 0. The Balaban J connectivity index is 3.06. The monoisotopic (exact) mass is 231 g/mol. The molecule has 0 aliphatic heterocycles. The summed E-state index contributed by atoms with van der Waals surface area (Å²) >= 11 is 0. The van der Waals surface area contributed by atoms with Crippen molar-refractivity contribution in [3.8, 4) is 5.75 Å². The van der Waals surface area contributed by atoms with Crippen LogP contribution >= 0.6 is 0 Å². The standard InChI is InChI=1S/C9H13NO4S/c1-10(14-3)15(11,12)9-6-4-8(13-2)5-7-9/h4-7H,1-3H3. The van der Waals surface area contributed by atoms with Crippen molar-refractivity contribution in [2.75, 3.05) is 21.3 Å². The fourth-order valence-electron chi connectivity index (χ4n) is 0.994. The molecular formula is C9H13NO4S. The molecule has 0 bridgehead atoms. The van der Waals surface area contributed by atoms with Crippen LogP contribution in [0.2, 0.25) is 0 Å². The Hall–Kier alpha value is -1.11. The smallest absolute Gasteiger partial charge is 0.264 e. The van der Waals surface area contributed by atoms with Crippen LogP contribution in [0.25, 0.3) is 0 Å². The lowest BCUT2D eigenvalue weighted by Crippen LogP contribution is -2.25. The quantitative estimate of drug-likeness (QED) is 0.722. The highest BCUT2D eigenvalue weighted by atomic mass is 32.2. The molecule has 0 aliphatic carbocycles. The summed E-state index contributed by atoms with van der Waals surface area (Å²) in [6, 6.07) is 6.08. The Kier molecular flexibility index (Phi) is 3.67. The Labute approximate surface area is 89.2 Å². The van der Waals surface area contributed by atoms with E-state index in [4.69, 9.17) is 4.74 Å². The van der Waals surface area contributed by atoms with E-state index >= 15 is 0 Å². The van der Waals surface area contributed by atoms with Crippen LogP contribution in [-0.2, 0) is 14.9 Å². The highest BCUT2D eigenvalue weighted by Crippen LogP contribution is 2.18. The maximum absolute atomic E-state index is 11.7. The van der Waals surface area contributed by atoms with Gasteiger partial charge in [-0.05, 0) is 24.3 Å². The van der Waals surface area contributed by atoms with Gasteiger partial charge in [0.15, 0.2) is 0 Å². The van der Waals surface area contributed by atoms with Gasteiger partial charge in [-0.15, -0.1) is 0 Å². The van der Waals surface area contributed by atoms with Crippen LogP contribution < -0.4 is 4.74 Å². The predicted molar refractivity (Wildman–Crippen MR) is 55.0 cm³/mol. The second-order valence-electron chi connectivity index (χ2n) is 2.77. The van der Waals surface area contributed by atoms with E-state index in [-0.39, 0.29) is 4.90 Å². The van der Waals surface area contributed by atoms with Crippen molar-refractivity contribution in [3.05, 3.63) is 24.3 Å². The molecule has 0 fully saturated rings. The maximum Gasteiger partial charge on any atom is 0.264 e. The van der Waals surface area contributed by atoms with Crippen LogP contribution in [0.15, 0.2) is 29.2 Å². The lowest BCUT2D eigenvalue weighted by Gasteiger charge is -2.13. The molecule has 1 aromatic rings. The molecule has 15 heavy (non-hydrogen) atoms. The third-order valence-corrected chi connectivity index (χ3v) is 3.65. The zero-order valence-electron chi connectivity index (χ0n) is 8.80. The molecule has 0 aliphatic rings. The van der Waals surface area contributed by atoms with E-state index in [9.17, 15) is 8.42 Å². The average Bonchev–Trinajstić information content (AvgIpc) is 2.28. The first-order chi connectivity index (χ1) is 7.02. The molecule has 1 aromatic carbocycles. The van der Waals surface area contributed by atoms with Gasteiger partial charge < -0.3 is 4.74 Å². The van der Waals surface area contributed by atoms with Crippen molar-refractivity contribution in [2.45, 2.75) is 4.90 Å².